The molecule has 0 saturated carbocycles. The molecule has 0 aliphatic heterocycles. The number of benzene rings is 1. The average Bonchev–Trinajstić information content (AvgIpc) is 2.82. The van der Waals surface area contributed by atoms with E-state index in [0.717, 1.165) is 30.7 Å². The zero-order chi connectivity index (χ0) is 26.3. The summed E-state index contributed by atoms with van der Waals surface area (Å²) in [6.07, 6.45) is 3.40. The fourth-order valence-electron chi connectivity index (χ4n) is 3.46. The van der Waals surface area contributed by atoms with Gasteiger partial charge in [0.2, 0.25) is 0 Å². The van der Waals surface area contributed by atoms with Crippen LogP contribution in [0.4, 0.5) is 13.2 Å². The van der Waals surface area contributed by atoms with Gasteiger partial charge in [0.25, 0.3) is 11.8 Å². The molecular weight excluding hydrogens is 495 g/mol. The second-order valence-electron chi connectivity index (χ2n) is 8.27. The first-order valence-corrected chi connectivity index (χ1v) is 12.5. The van der Waals surface area contributed by atoms with Crippen molar-refractivity contribution in [2.24, 2.45) is 0 Å². The Balaban J connectivity index is 1.76. The van der Waals surface area contributed by atoms with Gasteiger partial charge >= 0.3 is 0 Å². The minimum absolute atomic E-state index is 0.244. The number of nitrogens with zero attached hydrogens (tertiary/aromatic N) is 4. The van der Waals surface area contributed by atoms with Crippen LogP contribution >= 0.6 is 0 Å². The van der Waals surface area contributed by atoms with Gasteiger partial charge in [0.05, 0.1) is 28.5 Å². The lowest BCUT2D eigenvalue weighted by Gasteiger charge is -2.18. The lowest BCUT2D eigenvalue weighted by Crippen LogP contribution is -2.28. The van der Waals surface area contributed by atoms with Gasteiger partial charge in [0, 0.05) is 30.5 Å². The highest BCUT2D eigenvalue weighted by atomic mass is 32.2. The number of carbonyl (C=O) groups is 1. The van der Waals surface area contributed by atoms with E-state index in [9.17, 15) is 26.4 Å². The molecule has 186 valence electrons. The van der Waals surface area contributed by atoms with Crippen LogP contribution in [0.3, 0.4) is 0 Å². The Morgan fingerprint density at radius 3 is 2.47 bits per heavy atom. The molecule has 3 heterocycles. The summed E-state index contributed by atoms with van der Waals surface area (Å²) < 4.78 is 65.6. The third-order valence-electron chi connectivity index (χ3n) is 5.30. The maximum atomic E-state index is 14.0. The van der Waals surface area contributed by atoms with Crippen molar-refractivity contribution in [1.82, 2.24) is 25.3 Å². The predicted octanol–water partition coefficient (Wildman–Crippen LogP) is 4.23. The molecule has 0 aliphatic rings. The molecule has 12 heteroatoms. The molecule has 0 fully saturated rings. The van der Waals surface area contributed by atoms with E-state index in [1.54, 1.807) is 19.1 Å². The number of halogens is 3. The van der Waals surface area contributed by atoms with Crippen LogP contribution < -0.4 is 5.32 Å². The van der Waals surface area contributed by atoms with Gasteiger partial charge in [-0.05, 0) is 49.4 Å². The minimum Gasteiger partial charge on any atom is -0.344 e. The number of aromatic nitrogens is 4. The molecule has 4 aromatic rings. The fourth-order valence-corrected chi connectivity index (χ4v) is 4.14. The van der Waals surface area contributed by atoms with Gasteiger partial charge < -0.3 is 5.32 Å². The van der Waals surface area contributed by atoms with Crippen LogP contribution in [-0.2, 0) is 15.8 Å². The molecule has 3 aromatic heterocycles. The van der Waals surface area contributed by atoms with Gasteiger partial charge in [0.1, 0.15) is 17.0 Å². The lowest BCUT2D eigenvalue weighted by atomic mass is 10.0. The first-order valence-electron chi connectivity index (χ1n) is 10.6. The van der Waals surface area contributed by atoms with Crippen molar-refractivity contribution < 1.29 is 26.4 Å². The summed E-state index contributed by atoms with van der Waals surface area (Å²) in [6, 6.07) is 7.92. The van der Waals surface area contributed by atoms with Crippen LogP contribution in [0.25, 0.3) is 22.6 Å². The summed E-state index contributed by atoms with van der Waals surface area (Å²) in [5.74, 6) is -4.73. The summed E-state index contributed by atoms with van der Waals surface area (Å²) in [4.78, 5) is 29.9. The molecule has 4 rings (SSSR count). The summed E-state index contributed by atoms with van der Waals surface area (Å²) in [6.45, 7) is 2.19. The minimum atomic E-state index is -3.88. The van der Waals surface area contributed by atoms with Crippen LogP contribution in [0.2, 0.25) is 0 Å². The summed E-state index contributed by atoms with van der Waals surface area (Å²) >= 11 is 0. The van der Waals surface area contributed by atoms with E-state index in [-0.39, 0.29) is 28.3 Å². The molecular formula is C24H20F3N5O3S. The molecule has 0 bridgehead atoms. The highest BCUT2D eigenvalue weighted by Gasteiger charge is 2.28. The van der Waals surface area contributed by atoms with Crippen LogP contribution in [-0.4, -0.2) is 40.5 Å². The van der Waals surface area contributed by atoms with E-state index < -0.39 is 44.0 Å². The number of hydrogen-bond donors (Lipinski definition) is 1. The smallest absolute Gasteiger partial charge is 0.270 e. The zero-order valence-electron chi connectivity index (χ0n) is 19.3. The Hall–Kier alpha value is -3.93. The molecule has 0 radical (unpaired) electrons. The number of carbonyl (C=O) groups excluding carboxylic acids is 1. The number of fused-ring (bicyclic) bond motifs is 1. The maximum absolute atomic E-state index is 14.0. The molecule has 0 unspecified atom stereocenters. The number of rotatable bonds is 6. The van der Waals surface area contributed by atoms with Crippen molar-refractivity contribution in [2.75, 3.05) is 6.26 Å². The number of alkyl halides is 2. The van der Waals surface area contributed by atoms with E-state index >= 15 is 0 Å². The third kappa shape index (κ3) is 5.33. The number of amides is 1. The van der Waals surface area contributed by atoms with Gasteiger partial charge in [0.15, 0.2) is 15.5 Å². The van der Waals surface area contributed by atoms with Gasteiger partial charge in [-0.1, -0.05) is 0 Å². The Bertz CT molecular complexity index is 1570. The van der Waals surface area contributed by atoms with Crippen molar-refractivity contribution in [3.8, 4) is 11.4 Å². The van der Waals surface area contributed by atoms with E-state index in [4.69, 9.17) is 0 Å². The molecule has 0 saturated heterocycles. The van der Waals surface area contributed by atoms with E-state index in [1.807, 2.05) is 0 Å². The molecule has 1 aromatic carbocycles. The average molecular weight is 516 g/mol. The number of hydrogen-bond acceptors (Lipinski definition) is 7. The van der Waals surface area contributed by atoms with E-state index in [1.165, 1.54) is 18.3 Å². The molecule has 8 nitrogen and oxygen atoms in total. The quantitative estimate of drug-likeness (QED) is 0.409. The van der Waals surface area contributed by atoms with Crippen LogP contribution in [0.5, 0.6) is 0 Å². The SMILES string of the molecule is C[C@H](NC(=O)c1cc(C(C)(F)F)cc(S(C)(=O)=O)c1)c1nc2ncccc2nc1-c1ccc(F)cn1. The molecule has 1 N–H and O–H groups in total. The largest absolute Gasteiger partial charge is 0.344 e. The van der Waals surface area contributed by atoms with Crippen molar-refractivity contribution in [2.45, 2.75) is 30.7 Å². The molecule has 0 spiro atoms. The number of pyridine rings is 2. The zero-order valence-corrected chi connectivity index (χ0v) is 20.1. The van der Waals surface area contributed by atoms with E-state index in [2.05, 4.69) is 25.3 Å². The van der Waals surface area contributed by atoms with Crippen molar-refractivity contribution in [3.63, 3.8) is 0 Å². The maximum Gasteiger partial charge on any atom is 0.270 e. The molecule has 1 amide bonds. The van der Waals surface area contributed by atoms with Crippen LogP contribution in [0, 0.1) is 5.82 Å². The molecule has 36 heavy (non-hydrogen) atoms. The highest BCUT2D eigenvalue weighted by molar-refractivity contribution is 7.90. The highest BCUT2D eigenvalue weighted by Crippen LogP contribution is 2.31. The summed E-state index contributed by atoms with van der Waals surface area (Å²) in [5.41, 5.74) is 0.632. The normalized spacial score (nSPS) is 12.9. The van der Waals surface area contributed by atoms with Crippen LogP contribution in [0.1, 0.15) is 41.5 Å². The predicted molar refractivity (Wildman–Crippen MR) is 126 cm³/mol. The van der Waals surface area contributed by atoms with E-state index in [0.29, 0.717) is 12.4 Å². The fraction of sp³-hybridized carbons (Fsp3) is 0.208. The molecule has 1 atom stereocenters. The Morgan fingerprint density at radius 1 is 1.08 bits per heavy atom. The summed E-state index contributed by atoms with van der Waals surface area (Å²) in [7, 11) is -3.88. The Kier molecular flexibility index (Phi) is 6.48. The van der Waals surface area contributed by atoms with Gasteiger partial charge in [-0.25, -0.2) is 36.5 Å². The van der Waals surface area contributed by atoms with Crippen LogP contribution in [0.15, 0.2) is 59.8 Å². The third-order valence-corrected chi connectivity index (χ3v) is 6.39. The van der Waals surface area contributed by atoms with Gasteiger partial charge in [-0.3, -0.25) is 9.78 Å². The Labute approximate surface area is 204 Å². The van der Waals surface area contributed by atoms with Crippen molar-refractivity contribution >= 4 is 26.9 Å². The number of sulfone groups is 1. The number of nitrogens with one attached hydrogen (secondary N) is 1. The monoisotopic (exact) mass is 515 g/mol. The molecule has 0 aliphatic carbocycles. The second kappa shape index (κ2) is 9.26. The lowest BCUT2D eigenvalue weighted by molar-refractivity contribution is 0.0172. The van der Waals surface area contributed by atoms with Gasteiger partial charge in [-0.15, -0.1) is 0 Å². The first kappa shape index (κ1) is 25.2. The first-order chi connectivity index (χ1) is 16.8. The van der Waals surface area contributed by atoms with Crippen molar-refractivity contribution in [1.29, 1.82) is 0 Å². The topological polar surface area (TPSA) is 115 Å². The standard InChI is InChI=1S/C24H20F3N5O3S/c1-13(30-23(33)14-9-15(24(2,26)27)11-17(10-14)36(3,34)35)20-21(18-7-6-16(25)12-29-18)31-19-5-4-8-28-22(19)32-20/h4-13H,1-3H3,(H,30,33)/t13-/m0/s1. The summed E-state index contributed by atoms with van der Waals surface area (Å²) in [5, 5.41) is 2.65. The second-order valence-corrected chi connectivity index (χ2v) is 10.3. The Morgan fingerprint density at radius 2 is 1.83 bits per heavy atom. The van der Waals surface area contributed by atoms with Crippen molar-refractivity contribution in [3.05, 3.63) is 77.5 Å². The van der Waals surface area contributed by atoms with Gasteiger partial charge in [-0.2, -0.15) is 0 Å².